The first kappa shape index (κ1) is 12.8. The number of hydrogen-bond acceptors (Lipinski definition) is 4. The molecule has 0 aliphatic carbocycles. The average molecular weight is 261 g/mol. The second-order valence-electron chi connectivity index (χ2n) is 3.98. The Morgan fingerprint density at radius 3 is 2.67 bits per heavy atom. The topological polar surface area (TPSA) is 39.2 Å². The van der Waals surface area contributed by atoms with Crippen molar-refractivity contribution < 1.29 is 9.53 Å². The molecule has 94 valence electrons. The van der Waals surface area contributed by atoms with Crippen LogP contribution in [0.2, 0.25) is 0 Å². The van der Waals surface area contributed by atoms with Gasteiger partial charge in [-0.05, 0) is 38.1 Å². The van der Waals surface area contributed by atoms with Crippen molar-refractivity contribution in [1.82, 2.24) is 4.98 Å². The Morgan fingerprint density at radius 1 is 1.33 bits per heavy atom. The van der Waals surface area contributed by atoms with Crippen LogP contribution in [0.3, 0.4) is 0 Å². The molecule has 4 heteroatoms. The molecule has 1 aromatic carbocycles. The predicted molar refractivity (Wildman–Crippen MR) is 73.1 cm³/mol. The van der Waals surface area contributed by atoms with Crippen LogP contribution in [0.4, 0.5) is 0 Å². The van der Waals surface area contributed by atoms with E-state index in [1.54, 1.807) is 18.3 Å². The summed E-state index contributed by atoms with van der Waals surface area (Å²) in [5.74, 6) is 1.00. The fraction of sp³-hybridized carbons (Fsp3) is 0.286. The van der Waals surface area contributed by atoms with Gasteiger partial charge in [-0.2, -0.15) is 0 Å². The number of carbonyl (C=O) groups excluding carboxylic acids is 1. The van der Waals surface area contributed by atoms with Gasteiger partial charge in [-0.1, -0.05) is 0 Å². The smallest absolute Gasteiger partial charge is 0.135 e. The summed E-state index contributed by atoms with van der Waals surface area (Å²) in [7, 11) is 0. The highest BCUT2D eigenvalue weighted by Gasteiger charge is 2.06. The zero-order valence-corrected chi connectivity index (χ0v) is 11.3. The van der Waals surface area contributed by atoms with Crippen molar-refractivity contribution in [3.8, 4) is 16.3 Å². The van der Waals surface area contributed by atoms with Crippen molar-refractivity contribution in [3.05, 3.63) is 35.3 Å². The van der Waals surface area contributed by atoms with Crippen LogP contribution in [0, 0.1) is 0 Å². The van der Waals surface area contributed by atoms with Crippen molar-refractivity contribution in [1.29, 1.82) is 0 Å². The van der Waals surface area contributed by atoms with Gasteiger partial charge >= 0.3 is 0 Å². The molecule has 0 N–H and O–H groups in total. The second-order valence-corrected chi connectivity index (χ2v) is 4.84. The molecule has 2 rings (SSSR count). The Kier molecular flexibility index (Phi) is 4.10. The lowest BCUT2D eigenvalue weighted by Crippen LogP contribution is -1.96. The van der Waals surface area contributed by atoms with E-state index in [1.165, 1.54) is 0 Å². The monoisotopic (exact) mass is 261 g/mol. The summed E-state index contributed by atoms with van der Waals surface area (Å²) >= 11 is 1.56. The van der Waals surface area contributed by atoms with E-state index in [9.17, 15) is 4.79 Å². The van der Waals surface area contributed by atoms with E-state index in [4.69, 9.17) is 4.74 Å². The minimum atomic E-state index is 0.138. The molecule has 0 spiro atoms. The molecule has 0 saturated heterocycles. The third-order valence-electron chi connectivity index (χ3n) is 2.39. The molecule has 0 fully saturated rings. The maximum absolute atomic E-state index is 11.0. The van der Waals surface area contributed by atoms with Crippen LogP contribution in [0.5, 0.6) is 5.75 Å². The highest BCUT2D eigenvalue weighted by atomic mass is 32.1. The average Bonchev–Trinajstić information content (AvgIpc) is 2.78. The second kappa shape index (κ2) is 5.78. The van der Waals surface area contributed by atoms with E-state index in [1.807, 2.05) is 36.6 Å². The molecule has 1 heterocycles. The number of thiazole rings is 1. The minimum Gasteiger partial charge on any atom is -0.494 e. The van der Waals surface area contributed by atoms with Gasteiger partial charge in [0.25, 0.3) is 0 Å². The van der Waals surface area contributed by atoms with E-state index in [2.05, 4.69) is 4.98 Å². The highest BCUT2D eigenvalue weighted by molar-refractivity contribution is 7.13. The summed E-state index contributed by atoms with van der Waals surface area (Å²) in [4.78, 5) is 15.5. The molecule has 0 saturated carbocycles. The Balaban J connectivity index is 2.15. The van der Waals surface area contributed by atoms with Gasteiger partial charge in [-0.15, -0.1) is 11.3 Å². The molecule has 1 aromatic heterocycles. The summed E-state index contributed by atoms with van der Waals surface area (Å²) in [6.45, 7) is 4.21. The third-order valence-corrected chi connectivity index (χ3v) is 3.33. The molecule has 0 radical (unpaired) electrons. The number of ketones is 1. The number of ether oxygens (including phenoxy) is 1. The molecule has 18 heavy (non-hydrogen) atoms. The Morgan fingerprint density at radius 2 is 2.06 bits per heavy atom. The van der Waals surface area contributed by atoms with Crippen LogP contribution < -0.4 is 4.74 Å². The molecular weight excluding hydrogens is 246 g/mol. The first-order valence-electron chi connectivity index (χ1n) is 5.86. The molecule has 3 nitrogen and oxygen atoms in total. The van der Waals surface area contributed by atoms with Crippen molar-refractivity contribution in [2.45, 2.75) is 20.3 Å². The van der Waals surface area contributed by atoms with Crippen LogP contribution in [0.25, 0.3) is 10.6 Å². The zero-order valence-electron chi connectivity index (χ0n) is 10.5. The van der Waals surface area contributed by atoms with Crippen LogP contribution >= 0.6 is 11.3 Å². The SMILES string of the molecule is CCOc1ccc(-c2nc(CC(C)=O)cs2)cc1. The Bertz CT molecular complexity index is 531. The van der Waals surface area contributed by atoms with E-state index < -0.39 is 0 Å². The molecular formula is C14H15NO2S. The lowest BCUT2D eigenvalue weighted by Gasteiger charge is -2.02. The number of carbonyl (C=O) groups is 1. The van der Waals surface area contributed by atoms with Gasteiger partial charge in [0.15, 0.2) is 0 Å². The number of benzene rings is 1. The van der Waals surface area contributed by atoms with Gasteiger partial charge in [-0.3, -0.25) is 4.79 Å². The van der Waals surface area contributed by atoms with Crippen molar-refractivity contribution in [3.63, 3.8) is 0 Å². The standard InChI is InChI=1S/C14H15NO2S/c1-3-17-13-6-4-11(5-7-13)14-15-12(9-18-14)8-10(2)16/h4-7,9H,3,8H2,1-2H3. The molecule has 0 amide bonds. The maximum Gasteiger partial charge on any atom is 0.135 e. The van der Waals surface area contributed by atoms with E-state index >= 15 is 0 Å². The summed E-state index contributed by atoms with van der Waals surface area (Å²) in [6.07, 6.45) is 0.410. The molecule has 0 bridgehead atoms. The molecule has 0 atom stereocenters. The number of nitrogens with zero attached hydrogens (tertiary/aromatic N) is 1. The van der Waals surface area contributed by atoms with Crippen LogP contribution in [-0.2, 0) is 11.2 Å². The summed E-state index contributed by atoms with van der Waals surface area (Å²) < 4.78 is 5.39. The summed E-state index contributed by atoms with van der Waals surface area (Å²) in [6, 6.07) is 7.85. The van der Waals surface area contributed by atoms with Crippen LogP contribution in [-0.4, -0.2) is 17.4 Å². The highest BCUT2D eigenvalue weighted by Crippen LogP contribution is 2.25. The fourth-order valence-electron chi connectivity index (χ4n) is 1.64. The number of aromatic nitrogens is 1. The van der Waals surface area contributed by atoms with Crippen molar-refractivity contribution in [2.75, 3.05) is 6.61 Å². The predicted octanol–water partition coefficient (Wildman–Crippen LogP) is 3.34. The van der Waals surface area contributed by atoms with Gasteiger partial charge in [0.1, 0.15) is 16.5 Å². The van der Waals surface area contributed by atoms with Gasteiger partial charge < -0.3 is 4.74 Å². The van der Waals surface area contributed by atoms with E-state index in [0.717, 1.165) is 22.0 Å². The van der Waals surface area contributed by atoms with Gasteiger partial charge in [-0.25, -0.2) is 4.98 Å². The van der Waals surface area contributed by atoms with Crippen molar-refractivity contribution >= 4 is 17.1 Å². The lowest BCUT2D eigenvalue weighted by atomic mass is 10.2. The number of rotatable bonds is 5. The van der Waals surface area contributed by atoms with E-state index in [0.29, 0.717) is 13.0 Å². The Hall–Kier alpha value is -1.68. The fourth-order valence-corrected chi connectivity index (χ4v) is 2.46. The van der Waals surface area contributed by atoms with Gasteiger partial charge in [0.05, 0.1) is 12.3 Å². The molecule has 0 aliphatic heterocycles. The number of hydrogen-bond donors (Lipinski definition) is 0. The van der Waals surface area contributed by atoms with Gasteiger partial charge in [0, 0.05) is 17.4 Å². The lowest BCUT2D eigenvalue weighted by molar-refractivity contribution is -0.116. The number of Topliss-reactive ketones (excluding diaryl/α,β-unsaturated/α-hetero) is 1. The molecule has 0 aliphatic rings. The zero-order chi connectivity index (χ0) is 13.0. The van der Waals surface area contributed by atoms with Crippen LogP contribution in [0.15, 0.2) is 29.6 Å². The first-order chi connectivity index (χ1) is 8.69. The molecule has 2 aromatic rings. The van der Waals surface area contributed by atoms with Gasteiger partial charge in [0.2, 0.25) is 0 Å². The normalized spacial score (nSPS) is 10.3. The molecule has 0 unspecified atom stereocenters. The Labute approximate surface area is 110 Å². The largest absolute Gasteiger partial charge is 0.494 e. The summed E-state index contributed by atoms with van der Waals surface area (Å²) in [5.41, 5.74) is 1.90. The quantitative estimate of drug-likeness (QED) is 0.828. The third kappa shape index (κ3) is 3.17. The maximum atomic E-state index is 11.0. The first-order valence-corrected chi connectivity index (χ1v) is 6.74. The van der Waals surface area contributed by atoms with E-state index in [-0.39, 0.29) is 5.78 Å². The minimum absolute atomic E-state index is 0.138. The summed E-state index contributed by atoms with van der Waals surface area (Å²) in [5, 5.41) is 2.88. The van der Waals surface area contributed by atoms with Crippen molar-refractivity contribution in [2.24, 2.45) is 0 Å². The van der Waals surface area contributed by atoms with Crippen LogP contribution in [0.1, 0.15) is 19.5 Å².